The monoisotopic (exact) mass is 268 g/mol. The summed E-state index contributed by atoms with van der Waals surface area (Å²) in [6.45, 7) is -0.129. The summed E-state index contributed by atoms with van der Waals surface area (Å²) in [4.78, 5) is 0.191. The number of rotatable bonds is 5. The molecule has 1 aliphatic carbocycles. The molecule has 0 aromatic carbocycles. The molecular weight excluding hydrogens is 252 g/mol. The predicted octanol–water partition coefficient (Wildman–Crippen LogP) is 0.569. The van der Waals surface area contributed by atoms with Crippen molar-refractivity contribution in [3.8, 4) is 12.3 Å². The van der Waals surface area contributed by atoms with Crippen molar-refractivity contribution in [2.75, 3.05) is 13.6 Å². The number of aliphatic hydroxyl groups is 1. The SMILES string of the molecule is C#CCN(C)S(=O)(=O)c1cc(CO)n(C2CC2)c1. The van der Waals surface area contributed by atoms with E-state index in [4.69, 9.17) is 6.42 Å². The topological polar surface area (TPSA) is 62.5 Å². The first-order chi connectivity index (χ1) is 8.50. The van der Waals surface area contributed by atoms with Gasteiger partial charge in [-0.25, -0.2) is 8.42 Å². The number of aliphatic hydroxyl groups excluding tert-OH is 1. The molecule has 5 nitrogen and oxygen atoms in total. The van der Waals surface area contributed by atoms with Gasteiger partial charge in [-0.2, -0.15) is 4.31 Å². The highest BCUT2D eigenvalue weighted by Crippen LogP contribution is 2.37. The van der Waals surface area contributed by atoms with Crippen LogP contribution in [0, 0.1) is 12.3 Å². The fourth-order valence-corrected chi connectivity index (χ4v) is 2.99. The number of hydrogen-bond acceptors (Lipinski definition) is 3. The molecule has 0 bridgehead atoms. The molecule has 0 spiro atoms. The molecule has 18 heavy (non-hydrogen) atoms. The van der Waals surface area contributed by atoms with Crippen LogP contribution in [-0.2, 0) is 16.6 Å². The molecule has 0 atom stereocenters. The summed E-state index contributed by atoms with van der Waals surface area (Å²) in [5.41, 5.74) is 0.630. The molecule has 98 valence electrons. The fraction of sp³-hybridized carbons (Fsp3) is 0.500. The van der Waals surface area contributed by atoms with Gasteiger partial charge in [-0.3, -0.25) is 0 Å². The predicted molar refractivity (Wildman–Crippen MR) is 67.3 cm³/mol. The van der Waals surface area contributed by atoms with E-state index >= 15 is 0 Å². The molecule has 1 saturated carbocycles. The van der Waals surface area contributed by atoms with Crippen molar-refractivity contribution in [3.05, 3.63) is 18.0 Å². The smallest absolute Gasteiger partial charge is 0.245 e. The zero-order valence-electron chi connectivity index (χ0n) is 10.2. The quantitative estimate of drug-likeness (QED) is 0.794. The number of terminal acetylenes is 1. The third-order valence-corrected chi connectivity index (χ3v) is 4.80. The van der Waals surface area contributed by atoms with Gasteiger partial charge in [0.2, 0.25) is 10.0 Å². The van der Waals surface area contributed by atoms with Crippen LogP contribution in [0.4, 0.5) is 0 Å². The first kappa shape index (κ1) is 13.1. The fourth-order valence-electron chi connectivity index (χ4n) is 1.85. The highest BCUT2D eigenvalue weighted by Gasteiger charge is 2.29. The Morgan fingerprint density at radius 3 is 2.78 bits per heavy atom. The molecule has 1 heterocycles. The molecule has 0 amide bonds. The second kappa shape index (κ2) is 4.76. The van der Waals surface area contributed by atoms with Crippen LogP contribution in [-0.4, -0.2) is 36.0 Å². The zero-order valence-corrected chi connectivity index (χ0v) is 11.0. The Morgan fingerprint density at radius 1 is 1.61 bits per heavy atom. The minimum absolute atomic E-state index is 0.0331. The van der Waals surface area contributed by atoms with Gasteiger partial charge in [0.05, 0.1) is 13.2 Å². The molecule has 1 N–H and O–H groups in total. The second-order valence-corrected chi connectivity index (χ2v) is 6.47. The average Bonchev–Trinajstić information content (AvgIpc) is 3.08. The van der Waals surface area contributed by atoms with E-state index < -0.39 is 10.0 Å². The van der Waals surface area contributed by atoms with E-state index in [9.17, 15) is 13.5 Å². The van der Waals surface area contributed by atoms with Gasteiger partial charge in [-0.15, -0.1) is 6.42 Å². The molecule has 0 unspecified atom stereocenters. The number of nitrogens with zero attached hydrogens (tertiary/aromatic N) is 2. The van der Waals surface area contributed by atoms with Gasteiger partial charge >= 0.3 is 0 Å². The van der Waals surface area contributed by atoms with Gasteiger partial charge in [0.1, 0.15) is 4.90 Å². The summed E-state index contributed by atoms with van der Waals surface area (Å²) in [6.07, 6.45) is 8.77. The molecular formula is C12H16N2O3S. The van der Waals surface area contributed by atoms with E-state index in [1.807, 2.05) is 4.57 Å². The van der Waals surface area contributed by atoms with Crippen molar-refractivity contribution in [1.82, 2.24) is 8.87 Å². The summed E-state index contributed by atoms with van der Waals surface area (Å²) in [7, 11) is -2.11. The summed E-state index contributed by atoms with van der Waals surface area (Å²) < 4.78 is 27.3. The number of sulfonamides is 1. The first-order valence-corrected chi connectivity index (χ1v) is 7.16. The lowest BCUT2D eigenvalue weighted by Gasteiger charge is -2.12. The molecule has 6 heteroatoms. The number of hydrogen-bond donors (Lipinski definition) is 1. The van der Waals surface area contributed by atoms with Crippen LogP contribution in [0.25, 0.3) is 0 Å². The molecule has 0 aliphatic heterocycles. The van der Waals surface area contributed by atoms with E-state index in [1.54, 1.807) is 6.20 Å². The Kier molecular flexibility index (Phi) is 3.48. The van der Waals surface area contributed by atoms with Crippen molar-refractivity contribution in [3.63, 3.8) is 0 Å². The van der Waals surface area contributed by atoms with Crippen LogP contribution in [0.5, 0.6) is 0 Å². The van der Waals surface area contributed by atoms with E-state index in [2.05, 4.69) is 5.92 Å². The van der Waals surface area contributed by atoms with E-state index in [0.717, 1.165) is 17.1 Å². The van der Waals surface area contributed by atoms with Crippen LogP contribution >= 0.6 is 0 Å². The van der Waals surface area contributed by atoms with Crippen LogP contribution in [0.3, 0.4) is 0 Å². The number of aromatic nitrogens is 1. The molecule has 0 saturated heterocycles. The molecule has 1 fully saturated rings. The Hall–Kier alpha value is -1.29. The Morgan fingerprint density at radius 2 is 2.28 bits per heavy atom. The van der Waals surface area contributed by atoms with Crippen molar-refractivity contribution >= 4 is 10.0 Å². The van der Waals surface area contributed by atoms with Crippen LogP contribution in [0.1, 0.15) is 24.6 Å². The second-order valence-electron chi connectivity index (χ2n) is 4.43. The van der Waals surface area contributed by atoms with E-state index in [0.29, 0.717) is 11.7 Å². The summed E-state index contributed by atoms with van der Waals surface area (Å²) >= 11 is 0. The third-order valence-electron chi connectivity index (χ3n) is 3.03. The van der Waals surface area contributed by atoms with Crippen LogP contribution in [0.2, 0.25) is 0 Å². The van der Waals surface area contributed by atoms with Gasteiger partial charge < -0.3 is 9.67 Å². The first-order valence-electron chi connectivity index (χ1n) is 5.72. The van der Waals surface area contributed by atoms with Crippen LogP contribution < -0.4 is 0 Å². The largest absolute Gasteiger partial charge is 0.390 e. The lowest BCUT2D eigenvalue weighted by molar-refractivity contribution is 0.270. The Balaban J connectivity index is 2.36. The lowest BCUT2D eigenvalue weighted by Crippen LogP contribution is -2.26. The van der Waals surface area contributed by atoms with Gasteiger partial charge in [0.15, 0.2) is 0 Å². The molecule has 1 aromatic rings. The van der Waals surface area contributed by atoms with E-state index in [-0.39, 0.29) is 18.0 Å². The summed E-state index contributed by atoms with van der Waals surface area (Å²) in [5, 5.41) is 9.25. The van der Waals surface area contributed by atoms with E-state index in [1.165, 1.54) is 13.1 Å². The zero-order chi connectivity index (χ0) is 13.3. The maximum Gasteiger partial charge on any atom is 0.245 e. The summed E-state index contributed by atoms with van der Waals surface area (Å²) in [5.74, 6) is 2.30. The normalized spacial score (nSPS) is 15.9. The van der Waals surface area contributed by atoms with Crippen LogP contribution in [0.15, 0.2) is 17.2 Å². The van der Waals surface area contributed by atoms with Crippen molar-refractivity contribution in [1.29, 1.82) is 0 Å². The van der Waals surface area contributed by atoms with Gasteiger partial charge in [-0.1, -0.05) is 5.92 Å². The Bertz CT molecular complexity index is 579. The van der Waals surface area contributed by atoms with Gasteiger partial charge in [-0.05, 0) is 18.9 Å². The minimum atomic E-state index is -3.56. The summed E-state index contributed by atoms with van der Waals surface area (Å²) in [6, 6.07) is 1.84. The van der Waals surface area contributed by atoms with Crippen molar-refractivity contribution in [2.24, 2.45) is 0 Å². The molecule has 2 rings (SSSR count). The third kappa shape index (κ3) is 2.29. The maximum atomic E-state index is 12.2. The highest BCUT2D eigenvalue weighted by atomic mass is 32.2. The Labute approximate surface area is 107 Å². The minimum Gasteiger partial charge on any atom is -0.390 e. The van der Waals surface area contributed by atoms with Gasteiger partial charge in [0.25, 0.3) is 0 Å². The molecule has 1 aromatic heterocycles. The van der Waals surface area contributed by atoms with Gasteiger partial charge in [0, 0.05) is 25.0 Å². The average molecular weight is 268 g/mol. The molecule has 0 radical (unpaired) electrons. The highest BCUT2D eigenvalue weighted by molar-refractivity contribution is 7.89. The standard InChI is InChI=1S/C12H16N2O3S/c1-3-6-13(2)18(16,17)12-7-11(9-15)14(8-12)10-4-5-10/h1,7-8,10,15H,4-6,9H2,2H3. The maximum absolute atomic E-state index is 12.2. The molecule has 1 aliphatic rings. The lowest BCUT2D eigenvalue weighted by atomic mass is 10.4. The van der Waals surface area contributed by atoms with Crippen molar-refractivity contribution in [2.45, 2.75) is 30.4 Å². The van der Waals surface area contributed by atoms with Crippen molar-refractivity contribution < 1.29 is 13.5 Å².